The van der Waals surface area contributed by atoms with E-state index in [0.717, 1.165) is 14.2 Å². The molecule has 2 rings (SSSR count). The van der Waals surface area contributed by atoms with Crippen LogP contribution in [0.4, 0.5) is 0 Å². The molecule has 1 fully saturated rings. The predicted octanol–water partition coefficient (Wildman–Crippen LogP) is 1.22. The summed E-state index contributed by atoms with van der Waals surface area (Å²) < 4.78 is 19.9. The first kappa shape index (κ1) is 18.6. The van der Waals surface area contributed by atoms with E-state index in [2.05, 4.69) is 0 Å². The van der Waals surface area contributed by atoms with Crippen molar-refractivity contribution in [2.45, 2.75) is 12.3 Å². The van der Waals surface area contributed by atoms with Gasteiger partial charge in [-0.1, -0.05) is 6.07 Å². The first-order chi connectivity index (χ1) is 11.9. The van der Waals surface area contributed by atoms with Gasteiger partial charge in [0, 0.05) is 5.92 Å². The number of benzene rings is 1. The molecule has 2 atom stereocenters. The Morgan fingerprint density at radius 2 is 1.56 bits per heavy atom. The quantitative estimate of drug-likeness (QED) is 0.601. The number of carboxylic acids is 1. The number of hydrogen-bond acceptors (Lipinski definition) is 7. The zero-order valence-corrected chi connectivity index (χ0v) is 14.4. The normalized spacial score (nSPS) is 20.8. The third-order valence-electron chi connectivity index (χ3n) is 4.66. The molecular formula is C17H20O8. The van der Waals surface area contributed by atoms with Crippen LogP contribution < -0.4 is 9.47 Å². The first-order valence-corrected chi connectivity index (χ1v) is 7.48. The smallest absolute Gasteiger partial charge is 0.323 e. The maximum Gasteiger partial charge on any atom is 0.323 e. The van der Waals surface area contributed by atoms with Crippen molar-refractivity contribution in [2.24, 2.45) is 11.3 Å². The maximum atomic E-state index is 12.4. The van der Waals surface area contributed by atoms with Gasteiger partial charge in [-0.15, -0.1) is 0 Å². The fraction of sp³-hybridized carbons (Fsp3) is 0.471. The maximum absolute atomic E-state index is 12.4. The Hall–Kier alpha value is -2.77. The minimum absolute atomic E-state index is 0.194. The largest absolute Gasteiger partial charge is 0.493 e. The van der Waals surface area contributed by atoms with Gasteiger partial charge in [-0.25, -0.2) is 0 Å². The highest BCUT2D eigenvalue weighted by atomic mass is 16.5. The summed E-state index contributed by atoms with van der Waals surface area (Å²) in [7, 11) is 5.19. The van der Waals surface area contributed by atoms with Crippen LogP contribution in [0.1, 0.15) is 17.9 Å². The standard InChI is InChI=1S/C17H20O8/c1-22-11-6-5-9(7-12(11)23-2)13-10(14(18)19)8-17(13,15(20)24-3)16(21)25-4/h5-7,10,13H,8H2,1-4H3,(H,18,19)/t10-,13+/m0/s1. The lowest BCUT2D eigenvalue weighted by Gasteiger charge is -2.48. The van der Waals surface area contributed by atoms with Crippen LogP contribution in [-0.4, -0.2) is 51.5 Å². The molecule has 25 heavy (non-hydrogen) atoms. The molecule has 8 heteroatoms. The van der Waals surface area contributed by atoms with Gasteiger partial charge >= 0.3 is 17.9 Å². The van der Waals surface area contributed by atoms with E-state index in [1.807, 2.05) is 0 Å². The number of carbonyl (C=O) groups excluding carboxylic acids is 2. The Kier molecular flexibility index (Phi) is 5.20. The monoisotopic (exact) mass is 352 g/mol. The van der Waals surface area contributed by atoms with Crippen molar-refractivity contribution in [3.63, 3.8) is 0 Å². The van der Waals surface area contributed by atoms with Gasteiger partial charge in [-0.2, -0.15) is 0 Å². The highest BCUT2D eigenvalue weighted by Crippen LogP contribution is 2.59. The van der Waals surface area contributed by atoms with Crippen LogP contribution in [0, 0.1) is 11.3 Å². The predicted molar refractivity (Wildman–Crippen MR) is 84.5 cm³/mol. The van der Waals surface area contributed by atoms with Crippen molar-refractivity contribution in [3.05, 3.63) is 23.8 Å². The van der Waals surface area contributed by atoms with E-state index in [1.165, 1.54) is 14.2 Å². The summed E-state index contributed by atoms with van der Waals surface area (Å²) in [5.74, 6) is -3.82. The van der Waals surface area contributed by atoms with Gasteiger partial charge in [-0.3, -0.25) is 14.4 Å². The molecule has 0 heterocycles. The number of aliphatic carboxylic acids is 1. The van der Waals surface area contributed by atoms with E-state index in [9.17, 15) is 19.5 Å². The molecule has 1 N–H and O–H groups in total. The molecule has 0 aliphatic heterocycles. The molecule has 136 valence electrons. The second kappa shape index (κ2) is 7.00. The number of esters is 2. The molecule has 0 bridgehead atoms. The van der Waals surface area contributed by atoms with Crippen molar-refractivity contribution < 1.29 is 38.4 Å². The van der Waals surface area contributed by atoms with E-state index >= 15 is 0 Å². The molecule has 8 nitrogen and oxygen atoms in total. The first-order valence-electron chi connectivity index (χ1n) is 7.48. The lowest BCUT2D eigenvalue weighted by atomic mass is 9.51. The summed E-state index contributed by atoms with van der Waals surface area (Å²) in [5, 5.41) is 9.47. The van der Waals surface area contributed by atoms with Gasteiger partial charge < -0.3 is 24.1 Å². The van der Waals surface area contributed by atoms with E-state index in [0.29, 0.717) is 17.1 Å². The Balaban J connectivity index is 2.60. The van der Waals surface area contributed by atoms with Crippen molar-refractivity contribution in [3.8, 4) is 11.5 Å². The lowest BCUT2D eigenvalue weighted by molar-refractivity contribution is -0.187. The van der Waals surface area contributed by atoms with Gasteiger partial charge in [0.2, 0.25) is 0 Å². The van der Waals surface area contributed by atoms with Crippen molar-refractivity contribution in [2.75, 3.05) is 28.4 Å². The zero-order valence-electron chi connectivity index (χ0n) is 14.4. The molecular weight excluding hydrogens is 332 g/mol. The average molecular weight is 352 g/mol. The summed E-state index contributed by atoms with van der Waals surface area (Å²) in [6.45, 7) is 0. The van der Waals surface area contributed by atoms with Crippen LogP contribution in [0.25, 0.3) is 0 Å². The number of hydrogen-bond donors (Lipinski definition) is 1. The van der Waals surface area contributed by atoms with E-state index < -0.39 is 35.2 Å². The highest BCUT2D eigenvalue weighted by Gasteiger charge is 2.68. The molecule has 1 aromatic rings. The molecule has 0 saturated heterocycles. The Morgan fingerprint density at radius 3 is 2.00 bits per heavy atom. The van der Waals surface area contributed by atoms with Gasteiger partial charge in [0.05, 0.1) is 34.4 Å². The third kappa shape index (κ3) is 2.77. The number of methoxy groups -OCH3 is 4. The molecule has 0 radical (unpaired) electrons. The Morgan fingerprint density at radius 1 is 1.00 bits per heavy atom. The summed E-state index contributed by atoms with van der Waals surface area (Å²) >= 11 is 0. The van der Waals surface area contributed by atoms with Crippen molar-refractivity contribution in [1.29, 1.82) is 0 Å². The summed E-state index contributed by atoms with van der Waals surface area (Å²) in [6, 6.07) is 4.74. The molecule has 1 saturated carbocycles. The Labute approximate surface area is 144 Å². The van der Waals surface area contributed by atoms with Crippen LogP contribution in [0.15, 0.2) is 18.2 Å². The van der Waals surface area contributed by atoms with E-state index in [-0.39, 0.29) is 6.42 Å². The number of carboxylic acid groups (broad SMARTS) is 1. The average Bonchev–Trinajstić information content (AvgIpc) is 2.60. The molecule has 0 spiro atoms. The molecule has 1 aromatic carbocycles. The van der Waals surface area contributed by atoms with Gasteiger partial charge in [0.25, 0.3) is 0 Å². The van der Waals surface area contributed by atoms with Gasteiger partial charge in [0.1, 0.15) is 0 Å². The summed E-state index contributed by atoms with van der Waals surface area (Å²) in [4.78, 5) is 36.3. The molecule has 0 amide bonds. The highest BCUT2D eigenvalue weighted by molar-refractivity contribution is 6.04. The van der Waals surface area contributed by atoms with Crippen LogP contribution in [0.5, 0.6) is 11.5 Å². The second-order valence-corrected chi connectivity index (χ2v) is 5.70. The van der Waals surface area contributed by atoms with Crippen LogP contribution >= 0.6 is 0 Å². The topological polar surface area (TPSA) is 108 Å². The SMILES string of the molecule is COC(=O)C1(C(=O)OC)C[C@H](C(=O)O)[C@H]1c1ccc(OC)c(OC)c1. The zero-order chi connectivity index (χ0) is 18.8. The third-order valence-corrected chi connectivity index (χ3v) is 4.66. The Bertz CT molecular complexity index is 680. The molecule has 0 unspecified atom stereocenters. The minimum Gasteiger partial charge on any atom is -0.493 e. The van der Waals surface area contributed by atoms with E-state index in [1.54, 1.807) is 18.2 Å². The van der Waals surface area contributed by atoms with Crippen molar-refractivity contribution >= 4 is 17.9 Å². The van der Waals surface area contributed by atoms with Crippen LogP contribution in [-0.2, 0) is 23.9 Å². The van der Waals surface area contributed by atoms with E-state index in [4.69, 9.17) is 18.9 Å². The summed E-state index contributed by atoms with van der Waals surface area (Å²) in [6.07, 6.45) is -0.194. The van der Waals surface area contributed by atoms with Crippen LogP contribution in [0.2, 0.25) is 0 Å². The minimum atomic E-state index is -1.70. The van der Waals surface area contributed by atoms with Crippen LogP contribution in [0.3, 0.4) is 0 Å². The van der Waals surface area contributed by atoms with Gasteiger partial charge in [-0.05, 0) is 24.1 Å². The molecule has 1 aliphatic rings. The lowest BCUT2D eigenvalue weighted by Crippen LogP contribution is -2.59. The fourth-order valence-corrected chi connectivity index (χ4v) is 3.44. The summed E-state index contributed by atoms with van der Waals surface area (Å²) in [5.41, 5.74) is -1.25. The second-order valence-electron chi connectivity index (χ2n) is 5.70. The number of ether oxygens (including phenoxy) is 4. The van der Waals surface area contributed by atoms with Crippen molar-refractivity contribution in [1.82, 2.24) is 0 Å². The molecule has 0 aromatic heterocycles. The van der Waals surface area contributed by atoms with Gasteiger partial charge in [0.15, 0.2) is 16.9 Å². The number of carbonyl (C=O) groups is 3. The number of rotatable bonds is 6. The molecule has 1 aliphatic carbocycles. The fourth-order valence-electron chi connectivity index (χ4n) is 3.44.